The van der Waals surface area contributed by atoms with Crippen molar-refractivity contribution < 1.29 is 14.3 Å². The lowest BCUT2D eigenvalue weighted by Crippen LogP contribution is -2.27. The molecule has 37 heavy (non-hydrogen) atoms. The molecule has 2 aromatic carbocycles. The summed E-state index contributed by atoms with van der Waals surface area (Å²) in [5, 5.41) is 3.93. The van der Waals surface area contributed by atoms with Crippen LogP contribution in [0.15, 0.2) is 54.7 Å². The monoisotopic (exact) mass is 499 g/mol. The summed E-state index contributed by atoms with van der Waals surface area (Å²) in [5.41, 5.74) is 5.20. The number of esters is 1. The van der Waals surface area contributed by atoms with E-state index in [9.17, 15) is 4.79 Å². The number of aryl methyl sites for hydroxylation is 2. The maximum Gasteiger partial charge on any atom is 0.357 e. The van der Waals surface area contributed by atoms with Crippen molar-refractivity contribution in [2.75, 3.05) is 38.7 Å². The minimum absolute atomic E-state index is 0.225. The van der Waals surface area contributed by atoms with Crippen LogP contribution in [0.5, 0.6) is 5.75 Å². The molecule has 0 amide bonds. The van der Waals surface area contributed by atoms with Gasteiger partial charge in [-0.3, -0.25) is 0 Å². The maximum absolute atomic E-state index is 12.7. The molecule has 4 rings (SSSR count). The molecule has 0 aliphatic heterocycles. The van der Waals surface area contributed by atoms with E-state index in [1.807, 2.05) is 62.4 Å². The Labute approximate surface area is 217 Å². The van der Waals surface area contributed by atoms with Crippen LogP contribution in [-0.4, -0.2) is 59.2 Å². The van der Waals surface area contributed by atoms with E-state index in [2.05, 4.69) is 39.0 Å². The van der Waals surface area contributed by atoms with E-state index in [1.165, 1.54) is 7.11 Å². The van der Waals surface area contributed by atoms with Gasteiger partial charge in [0.2, 0.25) is 5.95 Å². The van der Waals surface area contributed by atoms with Crippen LogP contribution in [0.4, 0.5) is 11.6 Å². The highest BCUT2D eigenvalue weighted by molar-refractivity contribution is 5.99. The molecule has 0 unspecified atom stereocenters. The third-order valence-electron chi connectivity index (χ3n) is 6.38. The number of aromatic nitrogens is 3. The zero-order chi connectivity index (χ0) is 26.4. The normalized spacial score (nSPS) is 11.1. The summed E-state index contributed by atoms with van der Waals surface area (Å²) in [6.07, 6.45) is 1.71. The Morgan fingerprint density at radius 3 is 2.35 bits per heavy atom. The molecule has 8 nitrogen and oxygen atoms in total. The van der Waals surface area contributed by atoms with Crippen molar-refractivity contribution in [3.8, 4) is 16.9 Å². The molecular weight excluding hydrogens is 466 g/mol. The summed E-state index contributed by atoms with van der Waals surface area (Å²) in [6.45, 7) is 11.9. The van der Waals surface area contributed by atoms with Crippen molar-refractivity contribution in [3.63, 3.8) is 0 Å². The number of carbonyl (C=O) groups excluding carboxylic acids is 1. The number of carbonyl (C=O) groups is 1. The highest BCUT2D eigenvalue weighted by Gasteiger charge is 2.20. The molecule has 8 heteroatoms. The highest BCUT2D eigenvalue weighted by atomic mass is 16.5. The molecular formula is C29H33N5O3. The van der Waals surface area contributed by atoms with Gasteiger partial charge in [0.25, 0.3) is 0 Å². The molecule has 0 atom stereocenters. The van der Waals surface area contributed by atoms with E-state index in [-0.39, 0.29) is 5.69 Å². The van der Waals surface area contributed by atoms with Gasteiger partial charge in [0.1, 0.15) is 12.4 Å². The molecule has 2 aromatic heterocycles. The molecule has 192 valence electrons. The van der Waals surface area contributed by atoms with Gasteiger partial charge >= 0.3 is 5.97 Å². The van der Waals surface area contributed by atoms with Crippen LogP contribution in [0.1, 0.15) is 35.5 Å². The molecule has 0 fully saturated rings. The minimum Gasteiger partial charge on any atom is -0.492 e. The second-order valence-electron chi connectivity index (χ2n) is 8.77. The van der Waals surface area contributed by atoms with Gasteiger partial charge in [0, 0.05) is 29.4 Å². The average molecular weight is 500 g/mol. The Kier molecular flexibility index (Phi) is 8.30. The first-order valence-corrected chi connectivity index (χ1v) is 12.5. The first-order chi connectivity index (χ1) is 17.9. The van der Waals surface area contributed by atoms with E-state index >= 15 is 0 Å². The molecule has 0 radical (unpaired) electrons. The number of rotatable bonds is 10. The largest absolute Gasteiger partial charge is 0.492 e. The lowest BCUT2D eigenvalue weighted by molar-refractivity contribution is 0.0595. The maximum atomic E-state index is 12.7. The second-order valence-corrected chi connectivity index (χ2v) is 8.77. The summed E-state index contributed by atoms with van der Waals surface area (Å²) in [5.74, 6) is 0.677. The molecule has 0 spiro atoms. The van der Waals surface area contributed by atoms with E-state index < -0.39 is 5.97 Å². The number of hydrogen-bond donors (Lipinski definition) is 1. The quantitative estimate of drug-likeness (QED) is 0.284. The Morgan fingerprint density at radius 1 is 1.00 bits per heavy atom. The second kappa shape index (κ2) is 11.8. The molecule has 0 saturated heterocycles. The fourth-order valence-corrected chi connectivity index (χ4v) is 4.30. The summed E-state index contributed by atoms with van der Waals surface area (Å²) < 4.78 is 10.9. The van der Waals surface area contributed by atoms with Gasteiger partial charge in [-0.1, -0.05) is 32.0 Å². The number of fused-ring (bicyclic) bond motifs is 1. The van der Waals surface area contributed by atoms with Gasteiger partial charge in [-0.25, -0.2) is 14.8 Å². The van der Waals surface area contributed by atoms with Crippen molar-refractivity contribution in [1.82, 2.24) is 19.9 Å². The smallest absolute Gasteiger partial charge is 0.357 e. The van der Waals surface area contributed by atoms with Gasteiger partial charge in [-0.2, -0.15) is 4.98 Å². The number of methoxy groups -OCH3 is 1. The standard InChI is InChI=1S/C29H33N5O3/c1-6-34(7-2)15-16-37-23-13-11-22(12-14-23)31-29-30-18-21-17-24(25-19(3)9-8-10-20(25)4)26(28(35)36-5)32-27(21)33-29/h8-14,17-18H,6-7,15-16H2,1-5H3,(H,30,31,32,33). The zero-order valence-corrected chi connectivity index (χ0v) is 22.0. The van der Waals surface area contributed by atoms with Gasteiger partial charge < -0.3 is 19.7 Å². The van der Waals surface area contributed by atoms with Crippen LogP contribution < -0.4 is 10.1 Å². The van der Waals surface area contributed by atoms with Crippen LogP contribution in [-0.2, 0) is 4.74 Å². The summed E-state index contributed by atoms with van der Waals surface area (Å²) in [7, 11) is 1.35. The van der Waals surface area contributed by atoms with Gasteiger partial charge in [-0.05, 0) is 74.0 Å². The molecule has 0 bridgehead atoms. The number of anilines is 2. The third-order valence-corrected chi connectivity index (χ3v) is 6.38. The van der Waals surface area contributed by atoms with Crippen LogP contribution in [0.25, 0.3) is 22.2 Å². The zero-order valence-electron chi connectivity index (χ0n) is 22.0. The van der Waals surface area contributed by atoms with E-state index in [0.717, 1.165) is 53.1 Å². The fourth-order valence-electron chi connectivity index (χ4n) is 4.30. The van der Waals surface area contributed by atoms with E-state index in [0.29, 0.717) is 23.8 Å². The average Bonchev–Trinajstić information content (AvgIpc) is 2.91. The highest BCUT2D eigenvalue weighted by Crippen LogP contribution is 2.32. The number of likely N-dealkylation sites (N-methyl/N-ethyl adjacent to an activating group) is 1. The first-order valence-electron chi connectivity index (χ1n) is 12.5. The van der Waals surface area contributed by atoms with Crippen LogP contribution >= 0.6 is 0 Å². The summed E-state index contributed by atoms with van der Waals surface area (Å²) in [6, 6.07) is 15.6. The fraction of sp³-hybridized carbons (Fsp3) is 0.310. The SMILES string of the molecule is CCN(CC)CCOc1ccc(Nc2ncc3cc(-c4c(C)cccc4C)c(C(=O)OC)nc3n2)cc1. The third kappa shape index (κ3) is 6.03. The first kappa shape index (κ1) is 26.0. The molecule has 1 N–H and O–H groups in total. The van der Waals surface area contributed by atoms with E-state index in [1.54, 1.807) is 6.20 Å². The Balaban J connectivity index is 1.57. The van der Waals surface area contributed by atoms with E-state index in [4.69, 9.17) is 9.47 Å². The van der Waals surface area contributed by atoms with Crippen LogP contribution in [0.2, 0.25) is 0 Å². The van der Waals surface area contributed by atoms with Crippen LogP contribution in [0.3, 0.4) is 0 Å². The van der Waals surface area contributed by atoms with Crippen molar-refractivity contribution in [3.05, 3.63) is 71.5 Å². The molecule has 4 aromatic rings. The van der Waals surface area contributed by atoms with Gasteiger partial charge in [-0.15, -0.1) is 0 Å². The molecule has 0 aliphatic rings. The Morgan fingerprint density at radius 2 is 1.70 bits per heavy atom. The summed E-state index contributed by atoms with van der Waals surface area (Å²) in [4.78, 5) is 28.6. The number of nitrogens with zero attached hydrogens (tertiary/aromatic N) is 4. The molecule has 2 heterocycles. The molecule has 0 saturated carbocycles. The lowest BCUT2D eigenvalue weighted by Gasteiger charge is -2.18. The van der Waals surface area contributed by atoms with Gasteiger partial charge in [0.15, 0.2) is 11.3 Å². The number of pyridine rings is 1. The van der Waals surface area contributed by atoms with Crippen molar-refractivity contribution in [1.29, 1.82) is 0 Å². The number of benzene rings is 2. The number of hydrogen-bond acceptors (Lipinski definition) is 8. The Hall–Kier alpha value is -4.04. The minimum atomic E-state index is -0.510. The number of ether oxygens (including phenoxy) is 2. The van der Waals surface area contributed by atoms with Gasteiger partial charge in [0.05, 0.1) is 7.11 Å². The number of nitrogens with one attached hydrogen (secondary N) is 1. The van der Waals surface area contributed by atoms with Crippen molar-refractivity contribution in [2.24, 2.45) is 0 Å². The summed E-state index contributed by atoms with van der Waals surface area (Å²) >= 11 is 0. The van der Waals surface area contributed by atoms with Crippen LogP contribution in [0, 0.1) is 13.8 Å². The predicted octanol–water partition coefficient (Wildman–Crippen LogP) is 5.56. The van der Waals surface area contributed by atoms with Crippen molar-refractivity contribution in [2.45, 2.75) is 27.7 Å². The predicted molar refractivity (Wildman–Crippen MR) is 147 cm³/mol. The topological polar surface area (TPSA) is 89.5 Å². The van der Waals surface area contributed by atoms with Crippen molar-refractivity contribution >= 4 is 28.6 Å². The Bertz CT molecular complexity index is 1360. The molecule has 0 aliphatic carbocycles. The lowest BCUT2D eigenvalue weighted by atomic mass is 9.94.